The lowest BCUT2D eigenvalue weighted by Crippen LogP contribution is -2.48. The lowest BCUT2D eigenvalue weighted by Gasteiger charge is -2.27. The zero-order valence-corrected chi connectivity index (χ0v) is 8.67. The van der Waals surface area contributed by atoms with Crippen molar-refractivity contribution in [3.63, 3.8) is 0 Å². The first-order valence-corrected chi connectivity index (χ1v) is 5.01. The van der Waals surface area contributed by atoms with Gasteiger partial charge >= 0.3 is 0 Å². The van der Waals surface area contributed by atoms with E-state index < -0.39 is 0 Å². The minimum atomic E-state index is 0.412. The molecule has 0 radical (unpaired) electrons. The predicted molar refractivity (Wildman–Crippen MR) is 52.3 cm³/mol. The van der Waals surface area contributed by atoms with Crippen molar-refractivity contribution in [2.75, 3.05) is 19.7 Å². The molecular formula is C10H16N2O2. The summed E-state index contributed by atoms with van der Waals surface area (Å²) in [5.74, 6) is 0.915. The molecule has 78 valence electrons. The van der Waals surface area contributed by atoms with E-state index in [1.54, 1.807) is 0 Å². The molecule has 0 spiro atoms. The second kappa shape index (κ2) is 4.11. The number of nitrogens with zero attached hydrogens (tertiary/aromatic N) is 1. The highest BCUT2D eigenvalue weighted by atomic mass is 16.5. The Morgan fingerprint density at radius 2 is 2.29 bits per heavy atom. The number of hydrogen-bond acceptors (Lipinski definition) is 4. The van der Waals surface area contributed by atoms with Gasteiger partial charge in [-0.25, -0.2) is 0 Å². The molecule has 4 nitrogen and oxygen atoms in total. The second-order valence-electron chi connectivity index (χ2n) is 3.70. The third kappa shape index (κ3) is 1.96. The molecule has 0 aromatic carbocycles. The van der Waals surface area contributed by atoms with Crippen LogP contribution in [0.4, 0.5) is 0 Å². The fourth-order valence-corrected chi connectivity index (χ4v) is 1.57. The van der Waals surface area contributed by atoms with Gasteiger partial charge in [0.1, 0.15) is 5.76 Å². The average Bonchev–Trinajstić information content (AvgIpc) is 2.39. The average molecular weight is 196 g/mol. The Balaban J connectivity index is 1.79. The lowest BCUT2D eigenvalue weighted by atomic mass is 10.1. The summed E-state index contributed by atoms with van der Waals surface area (Å²) in [6.45, 7) is 6.65. The van der Waals surface area contributed by atoms with E-state index in [9.17, 15) is 0 Å². The van der Waals surface area contributed by atoms with Crippen molar-refractivity contribution in [3.05, 3.63) is 17.0 Å². The summed E-state index contributed by atoms with van der Waals surface area (Å²) in [6, 6.07) is 0. The van der Waals surface area contributed by atoms with E-state index in [-0.39, 0.29) is 0 Å². The smallest absolute Gasteiger partial charge is 0.137 e. The molecule has 1 fully saturated rings. The van der Waals surface area contributed by atoms with Crippen LogP contribution in [0.5, 0.6) is 0 Å². The topological polar surface area (TPSA) is 47.3 Å². The highest BCUT2D eigenvalue weighted by Gasteiger charge is 2.17. The van der Waals surface area contributed by atoms with Gasteiger partial charge in [-0.05, 0) is 13.8 Å². The normalized spacial score (nSPS) is 17.0. The van der Waals surface area contributed by atoms with Gasteiger partial charge in [0.2, 0.25) is 0 Å². The van der Waals surface area contributed by atoms with Gasteiger partial charge in [-0.2, -0.15) is 0 Å². The van der Waals surface area contributed by atoms with E-state index in [4.69, 9.17) is 9.26 Å². The van der Waals surface area contributed by atoms with E-state index in [2.05, 4.69) is 10.5 Å². The van der Waals surface area contributed by atoms with Gasteiger partial charge in [0.15, 0.2) is 0 Å². The molecule has 0 bridgehead atoms. The van der Waals surface area contributed by atoms with Crippen LogP contribution in [0, 0.1) is 13.8 Å². The molecule has 2 heterocycles. The number of aromatic nitrogens is 1. The summed E-state index contributed by atoms with van der Waals surface area (Å²) in [4.78, 5) is 0. The third-order valence-electron chi connectivity index (χ3n) is 2.63. The molecule has 14 heavy (non-hydrogen) atoms. The largest absolute Gasteiger partial charge is 0.375 e. The molecule has 2 rings (SSSR count). The SMILES string of the molecule is Cc1noc(C)c1CCOC1CNC1. The van der Waals surface area contributed by atoms with Gasteiger partial charge in [-0.15, -0.1) is 0 Å². The zero-order chi connectivity index (χ0) is 9.97. The van der Waals surface area contributed by atoms with Gasteiger partial charge in [0, 0.05) is 25.1 Å². The lowest BCUT2D eigenvalue weighted by molar-refractivity contribution is 0.0206. The Kier molecular flexibility index (Phi) is 2.84. The highest BCUT2D eigenvalue weighted by Crippen LogP contribution is 2.13. The van der Waals surface area contributed by atoms with E-state index >= 15 is 0 Å². The number of aryl methyl sites for hydroxylation is 2. The third-order valence-corrected chi connectivity index (χ3v) is 2.63. The van der Waals surface area contributed by atoms with Crippen LogP contribution in [-0.4, -0.2) is 31.0 Å². The number of rotatable bonds is 4. The quantitative estimate of drug-likeness (QED) is 0.774. The molecule has 1 aliphatic heterocycles. The van der Waals surface area contributed by atoms with E-state index in [1.807, 2.05) is 13.8 Å². The number of hydrogen-bond donors (Lipinski definition) is 1. The molecule has 0 amide bonds. The van der Waals surface area contributed by atoms with Crippen LogP contribution in [0.25, 0.3) is 0 Å². The summed E-state index contributed by atoms with van der Waals surface area (Å²) in [5.41, 5.74) is 2.18. The van der Waals surface area contributed by atoms with Crippen LogP contribution in [-0.2, 0) is 11.2 Å². The maximum absolute atomic E-state index is 5.63. The Morgan fingerprint density at radius 3 is 2.79 bits per heavy atom. The maximum atomic E-state index is 5.63. The van der Waals surface area contributed by atoms with Crippen LogP contribution in [0.3, 0.4) is 0 Å². The summed E-state index contributed by atoms with van der Waals surface area (Å²) < 4.78 is 10.7. The fourth-order valence-electron chi connectivity index (χ4n) is 1.57. The van der Waals surface area contributed by atoms with E-state index in [1.165, 1.54) is 5.56 Å². The maximum Gasteiger partial charge on any atom is 0.137 e. The molecule has 1 aromatic rings. The first kappa shape index (κ1) is 9.68. The van der Waals surface area contributed by atoms with Crippen molar-refractivity contribution in [2.24, 2.45) is 0 Å². The number of nitrogens with one attached hydrogen (secondary N) is 1. The number of ether oxygens (including phenoxy) is 1. The molecule has 1 saturated heterocycles. The fraction of sp³-hybridized carbons (Fsp3) is 0.700. The van der Waals surface area contributed by atoms with Crippen LogP contribution in [0.2, 0.25) is 0 Å². The first-order valence-electron chi connectivity index (χ1n) is 5.01. The van der Waals surface area contributed by atoms with E-state index in [0.29, 0.717) is 6.10 Å². The molecule has 0 unspecified atom stereocenters. The minimum Gasteiger partial charge on any atom is -0.375 e. The Labute approximate surface area is 83.6 Å². The molecular weight excluding hydrogens is 180 g/mol. The van der Waals surface area contributed by atoms with Crippen molar-refractivity contribution in [1.29, 1.82) is 0 Å². The van der Waals surface area contributed by atoms with Gasteiger partial charge < -0.3 is 14.6 Å². The molecule has 1 aromatic heterocycles. The molecule has 1 N–H and O–H groups in total. The summed E-state index contributed by atoms with van der Waals surface area (Å²) in [6.07, 6.45) is 1.31. The molecule has 0 aliphatic carbocycles. The van der Waals surface area contributed by atoms with Gasteiger partial charge in [-0.1, -0.05) is 5.16 Å². The molecule has 0 saturated carbocycles. The Morgan fingerprint density at radius 1 is 1.50 bits per heavy atom. The van der Waals surface area contributed by atoms with Crippen LogP contribution < -0.4 is 5.32 Å². The standard InChI is InChI=1S/C10H16N2O2/c1-7-10(8(2)14-12-7)3-4-13-9-5-11-6-9/h9,11H,3-6H2,1-2H3. The minimum absolute atomic E-state index is 0.412. The van der Waals surface area contributed by atoms with Gasteiger partial charge in [0.05, 0.1) is 18.4 Å². The van der Waals surface area contributed by atoms with Crippen molar-refractivity contribution in [1.82, 2.24) is 10.5 Å². The van der Waals surface area contributed by atoms with Crippen molar-refractivity contribution in [2.45, 2.75) is 26.4 Å². The second-order valence-corrected chi connectivity index (χ2v) is 3.70. The van der Waals surface area contributed by atoms with Crippen LogP contribution in [0.15, 0.2) is 4.52 Å². The van der Waals surface area contributed by atoms with Crippen molar-refractivity contribution >= 4 is 0 Å². The van der Waals surface area contributed by atoms with Crippen molar-refractivity contribution < 1.29 is 9.26 Å². The Hall–Kier alpha value is -0.870. The highest BCUT2D eigenvalue weighted by molar-refractivity contribution is 5.20. The monoisotopic (exact) mass is 196 g/mol. The molecule has 0 atom stereocenters. The van der Waals surface area contributed by atoms with Gasteiger partial charge in [0.25, 0.3) is 0 Å². The Bertz CT molecular complexity index is 286. The summed E-state index contributed by atoms with van der Waals surface area (Å²) in [7, 11) is 0. The molecule has 1 aliphatic rings. The first-order chi connectivity index (χ1) is 6.77. The molecule has 4 heteroatoms. The van der Waals surface area contributed by atoms with Gasteiger partial charge in [-0.3, -0.25) is 0 Å². The summed E-state index contributed by atoms with van der Waals surface area (Å²) in [5, 5.41) is 7.08. The van der Waals surface area contributed by atoms with Crippen LogP contribution >= 0.6 is 0 Å². The van der Waals surface area contributed by atoms with E-state index in [0.717, 1.165) is 37.6 Å². The zero-order valence-electron chi connectivity index (χ0n) is 8.67. The predicted octanol–water partition coefficient (Wildman–Crippen LogP) is 0.822. The van der Waals surface area contributed by atoms with Crippen molar-refractivity contribution in [3.8, 4) is 0 Å². The summed E-state index contributed by atoms with van der Waals surface area (Å²) >= 11 is 0. The van der Waals surface area contributed by atoms with Crippen LogP contribution in [0.1, 0.15) is 17.0 Å².